The smallest absolute Gasteiger partial charge is 0.0589 e. The quantitative estimate of drug-likeness (QED) is 0.823. The van der Waals surface area contributed by atoms with Crippen LogP contribution in [0.25, 0.3) is 0 Å². The van der Waals surface area contributed by atoms with E-state index in [0.717, 1.165) is 12.1 Å². The summed E-state index contributed by atoms with van der Waals surface area (Å²) in [4.78, 5) is 4.17. The van der Waals surface area contributed by atoms with Gasteiger partial charge in [-0.15, -0.1) is 0 Å². The van der Waals surface area contributed by atoms with Gasteiger partial charge in [-0.3, -0.25) is 10.1 Å². The number of hydrogen-bond donors (Lipinski definition) is 2. The predicted molar refractivity (Wildman–Crippen MR) is 71.5 cm³/mol. The molecule has 0 aromatic carbocycles. The number of aliphatic hydroxyl groups is 1. The monoisotopic (exact) mass is 262 g/mol. The Balaban J connectivity index is 0.000000487. The van der Waals surface area contributed by atoms with Gasteiger partial charge < -0.3 is 5.11 Å². The summed E-state index contributed by atoms with van der Waals surface area (Å²) in [6, 6.07) is 3.77. The van der Waals surface area contributed by atoms with E-state index in [1.165, 1.54) is 11.9 Å². The molecule has 0 amide bonds. The molecule has 92 valence electrons. The van der Waals surface area contributed by atoms with Crippen LogP contribution in [0.1, 0.15) is 26.5 Å². The Morgan fingerprint density at radius 2 is 2.00 bits per heavy atom. The molecule has 1 aromatic rings. The van der Waals surface area contributed by atoms with Gasteiger partial charge >= 0.3 is 0 Å². The molecule has 0 saturated heterocycles. The molecule has 1 atom stereocenters. The van der Waals surface area contributed by atoms with Crippen LogP contribution in [0, 0.1) is 0 Å². The number of nitrogens with two attached hydrogens (primary N) is 1. The van der Waals surface area contributed by atoms with E-state index in [1.54, 1.807) is 20.0 Å². The summed E-state index contributed by atoms with van der Waals surface area (Å²) < 4.78 is 0. The first kappa shape index (κ1) is 15.7. The van der Waals surface area contributed by atoms with Gasteiger partial charge in [0, 0.05) is 29.7 Å². The molecular weight excluding hydrogens is 244 g/mol. The molecule has 1 unspecified atom stereocenters. The molecule has 0 aliphatic carbocycles. The zero-order valence-electron chi connectivity index (χ0n) is 9.85. The van der Waals surface area contributed by atoms with Crippen molar-refractivity contribution >= 4 is 23.5 Å². The third-order valence-electron chi connectivity index (χ3n) is 1.52. The molecule has 5 heteroatoms. The molecule has 0 radical (unpaired) electrons. The number of pyridine rings is 1. The molecule has 0 fully saturated rings. The first-order valence-electron chi connectivity index (χ1n) is 5.09. The Labute approximate surface area is 107 Å². The maximum Gasteiger partial charge on any atom is 0.0589 e. The van der Waals surface area contributed by atoms with Crippen molar-refractivity contribution < 1.29 is 5.11 Å². The lowest BCUT2D eigenvalue weighted by Gasteiger charge is -2.05. The molecule has 1 heterocycles. The number of aliphatic hydroxyl groups excluding tert-OH is 1. The van der Waals surface area contributed by atoms with Gasteiger partial charge in [-0.1, -0.05) is 30.5 Å². The normalized spacial score (nSPS) is 11.9. The molecular formula is C11H19ClN2OS. The van der Waals surface area contributed by atoms with Crippen LogP contribution in [-0.4, -0.2) is 21.4 Å². The van der Waals surface area contributed by atoms with Crippen molar-refractivity contribution in [3.05, 3.63) is 29.0 Å². The van der Waals surface area contributed by atoms with E-state index in [-0.39, 0.29) is 6.10 Å². The largest absolute Gasteiger partial charge is 0.394 e. The summed E-state index contributed by atoms with van der Waals surface area (Å²) in [6.07, 6.45) is 2.38. The van der Waals surface area contributed by atoms with Crippen LogP contribution in [0.15, 0.2) is 18.3 Å². The average Bonchev–Trinajstić information content (AvgIpc) is 2.20. The Bertz CT molecular complexity index is 277. The van der Waals surface area contributed by atoms with Crippen LogP contribution in [0.5, 0.6) is 0 Å². The molecule has 16 heavy (non-hydrogen) atoms. The van der Waals surface area contributed by atoms with Gasteiger partial charge in [0.25, 0.3) is 0 Å². The fourth-order valence-corrected chi connectivity index (χ4v) is 1.25. The third kappa shape index (κ3) is 8.97. The van der Waals surface area contributed by atoms with Crippen molar-refractivity contribution in [2.45, 2.75) is 38.5 Å². The molecule has 3 nitrogen and oxygen atoms in total. The fourth-order valence-electron chi connectivity index (χ4n) is 0.870. The summed E-state index contributed by atoms with van der Waals surface area (Å²) in [5, 5.41) is 14.5. The molecule has 0 saturated carbocycles. The zero-order chi connectivity index (χ0) is 12.6. The summed E-state index contributed by atoms with van der Waals surface area (Å²) in [5.41, 5.74) is 1.03. The number of halogens is 1. The van der Waals surface area contributed by atoms with Crippen LogP contribution in [0.2, 0.25) is 5.02 Å². The lowest BCUT2D eigenvalue weighted by atomic mass is 10.2. The van der Waals surface area contributed by atoms with E-state index < -0.39 is 0 Å². The predicted octanol–water partition coefficient (Wildman–Crippen LogP) is 2.66. The highest BCUT2D eigenvalue weighted by atomic mass is 35.5. The fraction of sp³-hybridized carbons (Fsp3) is 0.545. The summed E-state index contributed by atoms with van der Waals surface area (Å²) in [5.74, 6) is 0. The first-order chi connectivity index (χ1) is 7.45. The summed E-state index contributed by atoms with van der Waals surface area (Å²) in [6.45, 7) is 5.51. The van der Waals surface area contributed by atoms with Crippen LogP contribution >= 0.6 is 23.5 Å². The van der Waals surface area contributed by atoms with E-state index in [0.29, 0.717) is 10.3 Å². The molecule has 0 spiro atoms. The van der Waals surface area contributed by atoms with Gasteiger partial charge in [0.2, 0.25) is 0 Å². The minimum atomic E-state index is -0.167. The minimum absolute atomic E-state index is 0.167. The highest BCUT2D eigenvalue weighted by Gasteiger charge is 2.02. The number of aromatic nitrogens is 1. The van der Waals surface area contributed by atoms with Crippen molar-refractivity contribution in [2.75, 3.05) is 0 Å². The van der Waals surface area contributed by atoms with E-state index in [4.69, 9.17) is 21.8 Å². The van der Waals surface area contributed by atoms with Gasteiger partial charge in [0.1, 0.15) is 0 Å². The van der Waals surface area contributed by atoms with Crippen molar-refractivity contribution in [3.8, 4) is 0 Å². The van der Waals surface area contributed by atoms with Crippen LogP contribution in [0.4, 0.5) is 0 Å². The number of rotatable bonds is 3. The second-order valence-corrected chi connectivity index (χ2v) is 5.23. The summed E-state index contributed by atoms with van der Waals surface area (Å²) >= 11 is 7.04. The van der Waals surface area contributed by atoms with Crippen LogP contribution in [-0.2, 0) is 6.42 Å². The Morgan fingerprint density at radius 3 is 2.38 bits per heavy atom. The topological polar surface area (TPSA) is 59.1 Å². The number of hydrogen-bond acceptors (Lipinski definition) is 4. The van der Waals surface area contributed by atoms with Crippen LogP contribution in [0.3, 0.4) is 0 Å². The van der Waals surface area contributed by atoms with E-state index in [2.05, 4.69) is 11.9 Å². The van der Waals surface area contributed by atoms with Gasteiger partial charge in [0.15, 0.2) is 0 Å². The van der Waals surface area contributed by atoms with Gasteiger partial charge in [-0.2, -0.15) is 0 Å². The Hall–Kier alpha value is -0.290. The maximum atomic E-state index is 8.06. The van der Waals surface area contributed by atoms with E-state index >= 15 is 0 Å². The van der Waals surface area contributed by atoms with Crippen molar-refractivity contribution in [1.29, 1.82) is 0 Å². The zero-order valence-corrected chi connectivity index (χ0v) is 11.4. The van der Waals surface area contributed by atoms with E-state index in [9.17, 15) is 0 Å². The SMILES string of the molecule is CC(C)O.CC(Cc1ccc(Cl)cn1)SN. The molecule has 1 aromatic heterocycles. The van der Waals surface area contributed by atoms with Crippen LogP contribution < -0.4 is 5.14 Å². The van der Waals surface area contributed by atoms with Crippen molar-refractivity contribution in [2.24, 2.45) is 5.14 Å². The molecule has 3 N–H and O–H groups in total. The van der Waals surface area contributed by atoms with Gasteiger partial charge in [0.05, 0.1) is 5.02 Å². The van der Waals surface area contributed by atoms with Gasteiger partial charge in [-0.25, -0.2) is 0 Å². The Kier molecular flexibility index (Phi) is 8.66. The van der Waals surface area contributed by atoms with E-state index in [1.807, 2.05) is 12.1 Å². The number of nitrogens with zero attached hydrogens (tertiary/aromatic N) is 1. The lowest BCUT2D eigenvalue weighted by Crippen LogP contribution is -2.05. The molecule has 0 aliphatic rings. The summed E-state index contributed by atoms with van der Waals surface area (Å²) in [7, 11) is 0. The maximum absolute atomic E-state index is 8.06. The lowest BCUT2D eigenvalue weighted by molar-refractivity contribution is 0.216. The molecule has 1 rings (SSSR count). The average molecular weight is 263 g/mol. The molecule has 0 aliphatic heterocycles. The van der Waals surface area contributed by atoms with Crippen molar-refractivity contribution in [3.63, 3.8) is 0 Å². The van der Waals surface area contributed by atoms with Gasteiger partial charge in [-0.05, 0) is 26.0 Å². The van der Waals surface area contributed by atoms with Crippen molar-refractivity contribution in [1.82, 2.24) is 4.98 Å². The Morgan fingerprint density at radius 1 is 1.44 bits per heavy atom. The second-order valence-electron chi connectivity index (χ2n) is 3.71. The second kappa shape index (κ2) is 8.82. The standard InChI is InChI=1S/C8H11ClN2S.C3H8O/c1-6(12-10)4-8-3-2-7(9)5-11-8;1-3(2)4/h2-3,5-6H,4,10H2,1H3;3-4H,1-2H3. The molecule has 0 bridgehead atoms. The highest BCUT2D eigenvalue weighted by Crippen LogP contribution is 2.11. The first-order valence-corrected chi connectivity index (χ1v) is 6.41. The minimum Gasteiger partial charge on any atom is -0.394 e. The third-order valence-corrected chi connectivity index (χ3v) is 2.37. The highest BCUT2D eigenvalue weighted by molar-refractivity contribution is 7.97.